The number of carbonyl (C=O) groups excluding carboxylic acids is 1. The van der Waals surface area contributed by atoms with Gasteiger partial charge in [0.25, 0.3) is 6.43 Å². The number of alkyl halides is 5. The Kier molecular flexibility index (Phi) is 3.59. The van der Waals surface area contributed by atoms with Crippen LogP contribution >= 0.6 is 0 Å². The topological polar surface area (TPSA) is 39.2 Å². The Morgan fingerprint density at radius 1 is 1.35 bits per heavy atom. The lowest BCUT2D eigenvalue weighted by Crippen LogP contribution is -2.20. The van der Waals surface area contributed by atoms with Crippen LogP contribution in [0.4, 0.5) is 26.3 Å². The Bertz CT molecular complexity index is 431. The maximum absolute atomic E-state index is 13.0. The molecule has 3 nitrogen and oxygen atoms in total. The molecule has 94 valence electrons. The van der Waals surface area contributed by atoms with Crippen molar-refractivity contribution in [1.82, 2.24) is 4.98 Å². The first kappa shape index (κ1) is 13.3. The highest BCUT2D eigenvalue weighted by Gasteiger charge is 2.35. The second kappa shape index (κ2) is 4.60. The molecule has 1 aromatic rings. The molecule has 0 spiro atoms. The molecule has 0 aliphatic rings. The number of aromatic nitrogens is 1. The smallest absolute Gasteiger partial charge is 0.400 e. The summed E-state index contributed by atoms with van der Waals surface area (Å²) in [5.41, 5.74) is -2.34. The van der Waals surface area contributed by atoms with E-state index in [4.69, 9.17) is 0 Å². The van der Waals surface area contributed by atoms with Gasteiger partial charge in [-0.3, -0.25) is 4.79 Å². The Labute approximate surface area is 90.0 Å². The van der Waals surface area contributed by atoms with E-state index in [-0.39, 0.29) is 12.4 Å². The normalized spacial score (nSPS) is 11.7. The van der Waals surface area contributed by atoms with Gasteiger partial charge in [-0.25, -0.2) is 18.2 Å². The Balaban J connectivity index is 3.31. The molecular formula is C8H3F6NO2. The van der Waals surface area contributed by atoms with Crippen molar-refractivity contribution in [1.29, 1.82) is 0 Å². The van der Waals surface area contributed by atoms with E-state index in [1.54, 1.807) is 0 Å². The van der Waals surface area contributed by atoms with E-state index >= 15 is 0 Å². The van der Waals surface area contributed by atoms with Crippen LogP contribution in [0.15, 0.2) is 6.07 Å². The van der Waals surface area contributed by atoms with Crippen LogP contribution in [0.5, 0.6) is 5.75 Å². The molecule has 9 heteroatoms. The van der Waals surface area contributed by atoms with Gasteiger partial charge >= 0.3 is 6.36 Å². The van der Waals surface area contributed by atoms with Gasteiger partial charge < -0.3 is 4.74 Å². The van der Waals surface area contributed by atoms with Crippen molar-refractivity contribution in [3.8, 4) is 5.75 Å². The predicted molar refractivity (Wildman–Crippen MR) is 41.2 cm³/mol. The summed E-state index contributed by atoms with van der Waals surface area (Å²) in [5.74, 6) is -3.48. The maximum Gasteiger partial charge on any atom is 0.573 e. The van der Waals surface area contributed by atoms with Crippen LogP contribution in [0.1, 0.15) is 22.6 Å². The second-order valence-electron chi connectivity index (χ2n) is 2.71. The second-order valence-corrected chi connectivity index (χ2v) is 2.71. The molecule has 1 aromatic heterocycles. The maximum atomic E-state index is 13.0. The number of halogens is 6. The molecule has 17 heavy (non-hydrogen) atoms. The molecule has 0 unspecified atom stereocenters. The summed E-state index contributed by atoms with van der Waals surface area (Å²) in [6.45, 7) is 0. The molecule has 1 heterocycles. The van der Waals surface area contributed by atoms with Gasteiger partial charge in [-0.1, -0.05) is 0 Å². The van der Waals surface area contributed by atoms with Crippen molar-refractivity contribution in [2.75, 3.05) is 0 Å². The van der Waals surface area contributed by atoms with Gasteiger partial charge in [0.2, 0.25) is 0 Å². The van der Waals surface area contributed by atoms with Gasteiger partial charge in [-0.2, -0.15) is 0 Å². The molecule has 0 bridgehead atoms. The fourth-order valence-electron chi connectivity index (χ4n) is 0.965. The van der Waals surface area contributed by atoms with Crippen LogP contribution in [-0.2, 0) is 0 Å². The summed E-state index contributed by atoms with van der Waals surface area (Å²) in [5, 5.41) is 0. The lowest BCUT2D eigenvalue weighted by molar-refractivity contribution is -0.276. The van der Waals surface area contributed by atoms with Crippen molar-refractivity contribution in [2.45, 2.75) is 12.8 Å². The zero-order valence-electron chi connectivity index (χ0n) is 7.76. The molecule has 0 saturated heterocycles. The number of pyridine rings is 1. The molecule has 0 amide bonds. The van der Waals surface area contributed by atoms with E-state index in [2.05, 4.69) is 9.72 Å². The number of nitrogens with zero attached hydrogens (tertiary/aromatic N) is 1. The van der Waals surface area contributed by atoms with E-state index in [9.17, 15) is 31.1 Å². The third-order valence-corrected chi connectivity index (χ3v) is 1.52. The lowest BCUT2D eigenvalue weighted by atomic mass is 10.2. The Hall–Kier alpha value is -1.80. The fourth-order valence-corrected chi connectivity index (χ4v) is 0.965. The highest BCUT2D eigenvalue weighted by Crippen LogP contribution is 2.33. The number of ether oxygens (including phenoxy) is 1. The van der Waals surface area contributed by atoms with Gasteiger partial charge in [0.05, 0.1) is 0 Å². The molecule has 0 fully saturated rings. The van der Waals surface area contributed by atoms with Gasteiger partial charge in [-0.15, -0.1) is 13.2 Å². The minimum Gasteiger partial charge on any atom is -0.400 e. The van der Waals surface area contributed by atoms with E-state index in [0.29, 0.717) is 0 Å². The SMILES string of the molecule is O=Cc1cc(F)c(OC(F)(F)F)c(C(F)F)n1. The van der Waals surface area contributed by atoms with Crippen molar-refractivity contribution >= 4 is 6.29 Å². The summed E-state index contributed by atoms with van der Waals surface area (Å²) >= 11 is 0. The zero-order valence-corrected chi connectivity index (χ0v) is 7.76. The van der Waals surface area contributed by atoms with Crippen LogP contribution < -0.4 is 4.74 Å². The molecule has 0 atom stereocenters. The van der Waals surface area contributed by atoms with Crippen LogP contribution in [0.2, 0.25) is 0 Å². The molecular weight excluding hydrogens is 256 g/mol. The molecule has 1 rings (SSSR count). The van der Waals surface area contributed by atoms with Gasteiger partial charge in [0.1, 0.15) is 5.69 Å². The minimum atomic E-state index is -5.34. The standard InChI is InChI=1S/C8H3F6NO2/c9-4-1-3(2-16)15-5(7(10)11)6(4)17-8(12,13)14/h1-2,7H. The molecule has 0 saturated carbocycles. The van der Waals surface area contributed by atoms with Crippen LogP contribution in [0, 0.1) is 5.82 Å². The number of carbonyl (C=O) groups is 1. The van der Waals surface area contributed by atoms with Crippen molar-refractivity contribution < 1.29 is 35.9 Å². The minimum absolute atomic E-state index is 0.0771. The largest absolute Gasteiger partial charge is 0.573 e. The fraction of sp³-hybridized carbons (Fsp3) is 0.250. The first-order valence-electron chi connectivity index (χ1n) is 3.94. The lowest BCUT2D eigenvalue weighted by Gasteiger charge is -2.13. The third kappa shape index (κ3) is 3.33. The first-order chi connectivity index (χ1) is 7.74. The van der Waals surface area contributed by atoms with Crippen LogP contribution in [0.25, 0.3) is 0 Å². The first-order valence-corrected chi connectivity index (χ1v) is 3.94. The quantitative estimate of drug-likeness (QED) is 0.618. The molecule has 0 radical (unpaired) electrons. The summed E-state index contributed by atoms with van der Waals surface area (Å²) in [6, 6.07) is 0.264. The number of aldehydes is 1. The van der Waals surface area contributed by atoms with E-state index in [0.717, 1.165) is 0 Å². The molecule has 0 N–H and O–H groups in total. The highest BCUT2D eigenvalue weighted by molar-refractivity contribution is 5.72. The molecule has 0 aromatic carbocycles. The molecule has 0 aliphatic heterocycles. The average molecular weight is 259 g/mol. The van der Waals surface area contributed by atoms with Gasteiger partial charge in [-0.05, 0) is 0 Å². The van der Waals surface area contributed by atoms with Gasteiger partial charge in [0.15, 0.2) is 23.5 Å². The molecule has 0 aliphatic carbocycles. The Morgan fingerprint density at radius 3 is 2.35 bits per heavy atom. The zero-order chi connectivity index (χ0) is 13.2. The van der Waals surface area contributed by atoms with E-state index < -0.39 is 35.7 Å². The highest BCUT2D eigenvalue weighted by atomic mass is 19.4. The third-order valence-electron chi connectivity index (χ3n) is 1.52. The average Bonchev–Trinajstić information content (AvgIpc) is 2.18. The summed E-state index contributed by atoms with van der Waals surface area (Å²) in [6.07, 6.45) is -8.93. The summed E-state index contributed by atoms with van der Waals surface area (Å²) < 4.78 is 76.2. The van der Waals surface area contributed by atoms with Crippen molar-refractivity contribution in [3.63, 3.8) is 0 Å². The summed E-state index contributed by atoms with van der Waals surface area (Å²) in [7, 11) is 0. The van der Waals surface area contributed by atoms with E-state index in [1.165, 1.54) is 0 Å². The van der Waals surface area contributed by atoms with E-state index in [1.807, 2.05) is 0 Å². The summed E-state index contributed by atoms with van der Waals surface area (Å²) in [4.78, 5) is 13.0. The monoisotopic (exact) mass is 259 g/mol. The van der Waals surface area contributed by atoms with Crippen molar-refractivity contribution in [2.24, 2.45) is 0 Å². The number of hydrogen-bond donors (Lipinski definition) is 0. The van der Waals surface area contributed by atoms with Crippen molar-refractivity contribution in [3.05, 3.63) is 23.3 Å². The predicted octanol–water partition coefficient (Wildman–Crippen LogP) is 2.87. The van der Waals surface area contributed by atoms with Crippen LogP contribution in [-0.4, -0.2) is 17.6 Å². The Morgan fingerprint density at radius 2 is 1.94 bits per heavy atom. The number of hydrogen-bond acceptors (Lipinski definition) is 3. The van der Waals surface area contributed by atoms with Crippen LogP contribution in [0.3, 0.4) is 0 Å². The van der Waals surface area contributed by atoms with Gasteiger partial charge in [0, 0.05) is 6.07 Å². The number of rotatable bonds is 3.